The van der Waals surface area contributed by atoms with Crippen molar-refractivity contribution in [2.45, 2.75) is 18.7 Å². The molecule has 0 saturated carbocycles. The molecule has 3 rings (SSSR count). The summed E-state index contributed by atoms with van der Waals surface area (Å²) < 4.78 is 2.41. The maximum absolute atomic E-state index is 11.6. The third-order valence-corrected chi connectivity index (χ3v) is 5.76. The summed E-state index contributed by atoms with van der Waals surface area (Å²) in [4.78, 5) is 12.8. The fourth-order valence-electron chi connectivity index (χ4n) is 1.99. The van der Waals surface area contributed by atoms with Crippen molar-refractivity contribution in [2.75, 3.05) is 0 Å². The second-order valence-corrected chi connectivity index (χ2v) is 6.35. The molecule has 0 N–H and O–H groups in total. The summed E-state index contributed by atoms with van der Waals surface area (Å²) in [5.41, 5.74) is 3.33. The molecule has 0 fully saturated rings. The molecule has 0 saturated heterocycles. The van der Waals surface area contributed by atoms with Gasteiger partial charge >= 0.3 is 0 Å². The molecule has 0 unspecified atom stereocenters. The lowest BCUT2D eigenvalue weighted by molar-refractivity contribution is -0.106. The minimum atomic E-state index is 0.200. The van der Waals surface area contributed by atoms with Gasteiger partial charge < -0.3 is 0 Å². The normalized spacial score (nSPS) is 15.3. The lowest BCUT2D eigenvalue weighted by Crippen LogP contribution is -1.99. The molecule has 18 heavy (non-hydrogen) atoms. The summed E-state index contributed by atoms with van der Waals surface area (Å²) in [7, 11) is 0. The van der Waals surface area contributed by atoms with Crippen molar-refractivity contribution < 1.29 is 4.79 Å². The quantitative estimate of drug-likeness (QED) is 0.794. The van der Waals surface area contributed by atoms with E-state index in [2.05, 4.69) is 25.1 Å². The van der Waals surface area contributed by atoms with Crippen LogP contribution in [0.15, 0.2) is 35.2 Å². The summed E-state index contributed by atoms with van der Waals surface area (Å²) in [6.07, 6.45) is 2.19. The molecule has 1 nitrogen and oxygen atoms in total. The zero-order chi connectivity index (χ0) is 12.7. The first kappa shape index (κ1) is 11.8. The molecule has 0 aliphatic carbocycles. The Morgan fingerprint density at radius 1 is 1.11 bits per heavy atom. The van der Waals surface area contributed by atoms with Gasteiger partial charge in [-0.2, -0.15) is 0 Å². The topological polar surface area (TPSA) is 17.1 Å². The second kappa shape index (κ2) is 4.41. The fraction of sp³-hybridized carbons (Fsp3) is 0.133. The SMILES string of the molecule is CC1=c2s/c(=C\c3ccccc3)c(C)c2SC1=O. The van der Waals surface area contributed by atoms with Gasteiger partial charge in [0.05, 0.1) is 0 Å². The van der Waals surface area contributed by atoms with E-state index in [-0.39, 0.29) is 5.12 Å². The number of hydrogen-bond acceptors (Lipinski definition) is 3. The third-order valence-electron chi connectivity index (χ3n) is 3.07. The standard InChI is InChI=1S/C15H12OS2/c1-9-12(8-11-6-4-3-5-7-11)17-14-10(2)15(16)18-13(9)14/h3-8H,1-2H3/b12-8-. The molecule has 1 aromatic carbocycles. The highest BCUT2D eigenvalue weighted by Crippen LogP contribution is 2.28. The average molecular weight is 272 g/mol. The lowest BCUT2D eigenvalue weighted by Gasteiger charge is -1.93. The Morgan fingerprint density at radius 3 is 2.50 bits per heavy atom. The highest BCUT2D eigenvalue weighted by atomic mass is 32.2. The molecule has 0 radical (unpaired) electrons. The molecule has 1 aromatic heterocycles. The minimum absolute atomic E-state index is 0.200. The monoisotopic (exact) mass is 272 g/mol. The van der Waals surface area contributed by atoms with E-state index < -0.39 is 0 Å². The zero-order valence-corrected chi connectivity index (χ0v) is 11.8. The molecule has 1 aliphatic heterocycles. The van der Waals surface area contributed by atoms with Crippen molar-refractivity contribution in [3.05, 3.63) is 50.5 Å². The van der Waals surface area contributed by atoms with Crippen LogP contribution >= 0.6 is 23.1 Å². The van der Waals surface area contributed by atoms with Crippen LogP contribution in [0.3, 0.4) is 0 Å². The van der Waals surface area contributed by atoms with Gasteiger partial charge in [0.15, 0.2) is 0 Å². The third kappa shape index (κ3) is 1.84. The van der Waals surface area contributed by atoms with Crippen LogP contribution in [0.5, 0.6) is 0 Å². The lowest BCUT2D eigenvalue weighted by atomic mass is 10.2. The van der Waals surface area contributed by atoms with Crippen LogP contribution in [0.1, 0.15) is 18.1 Å². The molecule has 1 aliphatic rings. The van der Waals surface area contributed by atoms with Crippen LogP contribution in [0, 0.1) is 6.92 Å². The van der Waals surface area contributed by atoms with Gasteiger partial charge in [0.2, 0.25) is 5.12 Å². The summed E-state index contributed by atoms with van der Waals surface area (Å²) in [6, 6.07) is 10.3. The minimum Gasteiger partial charge on any atom is -0.282 e. The van der Waals surface area contributed by atoms with Crippen LogP contribution in [0.25, 0.3) is 11.6 Å². The molecule has 2 aromatic rings. The van der Waals surface area contributed by atoms with Crippen molar-refractivity contribution in [2.24, 2.45) is 0 Å². The largest absolute Gasteiger partial charge is 0.282 e. The van der Waals surface area contributed by atoms with Crippen LogP contribution in [-0.4, -0.2) is 5.12 Å². The Labute approximate surface area is 114 Å². The van der Waals surface area contributed by atoms with Gasteiger partial charge in [-0.05, 0) is 42.8 Å². The van der Waals surface area contributed by atoms with Gasteiger partial charge in [-0.15, -0.1) is 11.3 Å². The summed E-state index contributed by atoms with van der Waals surface area (Å²) in [5.74, 6) is 0. The van der Waals surface area contributed by atoms with E-state index >= 15 is 0 Å². The Morgan fingerprint density at radius 2 is 1.83 bits per heavy atom. The van der Waals surface area contributed by atoms with Crippen molar-refractivity contribution in [3.63, 3.8) is 0 Å². The van der Waals surface area contributed by atoms with Crippen LogP contribution < -0.4 is 9.06 Å². The van der Waals surface area contributed by atoms with Gasteiger partial charge in [-0.1, -0.05) is 30.3 Å². The Balaban J connectivity index is 2.23. The summed E-state index contributed by atoms with van der Waals surface area (Å²) >= 11 is 3.09. The van der Waals surface area contributed by atoms with E-state index in [1.54, 1.807) is 11.3 Å². The molecular formula is C15H12OS2. The Bertz CT molecular complexity index is 739. The van der Waals surface area contributed by atoms with E-state index in [4.69, 9.17) is 0 Å². The molecule has 0 bridgehead atoms. The van der Waals surface area contributed by atoms with Gasteiger partial charge in [0.25, 0.3) is 0 Å². The van der Waals surface area contributed by atoms with E-state index in [1.165, 1.54) is 27.4 Å². The van der Waals surface area contributed by atoms with E-state index in [0.717, 1.165) is 15.0 Å². The molecule has 90 valence electrons. The van der Waals surface area contributed by atoms with E-state index in [1.807, 2.05) is 25.1 Å². The van der Waals surface area contributed by atoms with Gasteiger partial charge in [-0.3, -0.25) is 4.79 Å². The van der Waals surface area contributed by atoms with Gasteiger partial charge in [0, 0.05) is 19.5 Å². The first-order chi connectivity index (χ1) is 8.66. The smallest absolute Gasteiger partial charge is 0.221 e. The fourth-order valence-corrected chi connectivity index (χ4v) is 4.48. The number of benzene rings is 1. The highest BCUT2D eigenvalue weighted by molar-refractivity contribution is 8.15. The maximum Gasteiger partial charge on any atom is 0.221 e. The van der Waals surface area contributed by atoms with Crippen molar-refractivity contribution in [3.8, 4) is 0 Å². The van der Waals surface area contributed by atoms with Gasteiger partial charge in [0.1, 0.15) is 0 Å². The number of carbonyl (C=O) groups is 1. The predicted octanol–water partition coefficient (Wildman–Crippen LogP) is 2.69. The Kier molecular flexibility index (Phi) is 2.88. The summed E-state index contributed by atoms with van der Waals surface area (Å²) in [5, 5.41) is 0.200. The first-order valence-electron chi connectivity index (χ1n) is 5.76. The number of carbonyl (C=O) groups excluding carboxylic acids is 1. The molecule has 0 spiro atoms. The van der Waals surface area contributed by atoms with Crippen molar-refractivity contribution in [1.82, 2.24) is 0 Å². The van der Waals surface area contributed by atoms with Crippen molar-refractivity contribution >= 4 is 39.9 Å². The summed E-state index contributed by atoms with van der Waals surface area (Å²) in [6.45, 7) is 4.02. The second-order valence-electron chi connectivity index (χ2n) is 4.32. The zero-order valence-electron chi connectivity index (χ0n) is 10.2. The van der Waals surface area contributed by atoms with E-state index in [9.17, 15) is 4.79 Å². The first-order valence-corrected chi connectivity index (χ1v) is 7.39. The van der Waals surface area contributed by atoms with Crippen LogP contribution in [0.4, 0.5) is 0 Å². The highest BCUT2D eigenvalue weighted by Gasteiger charge is 2.22. The molecule has 0 amide bonds. The Hall–Kier alpha value is -1.32. The number of thiophene rings is 1. The number of hydrogen-bond donors (Lipinski definition) is 0. The van der Waals surface area contributed by atoms with Crippen molar-refractivity contribution in [1.29, 1.82) is 0 Å². The van der Waals surface area contributed by atoms with Crippen LogP contribution in [0.2, 0.25) is 0 Å². The molecule has 3 heteroatoms. The number of thioether (sulfide) groups is 1. The maximum atomic E-state index is 11.6. The van der Waals surface area contributed by atoms with Crippen LogP contribution in [-0.2, 0) is 4.79 Å². The van der Waals surface area contributed by atoms with E-state index in [0.29, 0.717) is 0 Å². The average Bonchev–Trinajstić information content (AvgIpc) is 2.82. The molecular weight excluding hydrogens is 260 g/mol. The van der Waals surface area contributed by atoms with Gasteiger partial charge in [-0.25, -0.2) is 0 Å². The predicted molar refractivity (Wildman–Crippen MR) is 78.3 cm³/mol. The number of rotatable bonds is 1. The molecule has 0 atom stereocenters. The molecule has 2 heterocycles. The number of fused-ring (bicyclic) bond motifs is 1.